The van der Waals surface area contributed by atoms with E-state index in [-0.39, 0.29) is 5.78 Å². The topological polar surface area (TPSA) is 17.1 Å². The van der Waals surface area contributed by atoms with E-state index in [4.69, 9.17) is 0 Å². The van der Waals surface area contributed by atoms with E-state index in [2.05, 4.69) is 0 Å². The summed E-state index contributed by atoms with van der Waals surface area (Å²) in [4.78, 5) is 12.8. The molecule has 0 amide bonds. The number of carbonyl (C=O) groups excluding carboxylic acids is 1. The van der Waals surface area contributed by atoms with Gasteiger partial charge in [0.1, 0.15) is 0 Å². The van der Waals surface area contributed by atoms with E-state index >= 15 is 0 Å². The highest BCUT2D eigenvalue weighted by atomic mass is 19.4. The van der Waals surface area contributed by atoms with Crippen molar-refractivity contribution in [1.82, 2.24) is 0 Å². The number of hydrogen-bond acceptors (Lipinski definition) is 1. The zero-order valence-electron chi connectivity index (χ0n) is 12.1. The zero-order valence-corrected chi connectivity index (χ0v) is 12.1. The van der Waals surface area contributed by atoms with Crippen LogP contribution in [0.1, 0.15) is 40.4 Å². The summed E-state index contributed by atoms with van der Waals surface area (Å²) < 4.78 is 38.0. The van der Waals surface area contributed by atoms with Crippen molar-refractivity contribution >= 4 is 5.78 Å². The van der Waals surface area contributed by atoms with Crippen LogP contribution in [-0.4, -0.2) is 5.78 Å². The number of Topliss-reactive ketones (excluding diaryl/α,β-unsaturated/α-hetero) is 1. The molecule has 0 saturated carbocycles. The molecule has 0 aliphatic heterocycles. The Morgan fingerprint density at radius 1 is 1.00 bits per heavy atom. The highest BCUT2D eigenvalue weighted by Crippen LogP contribution is 2.39. The van der Waals surface area contributed by atoms with E-state index in [1.165, 1.54) is 12.1 Å². The van der Waals surface area contributed by atoms with E-state index in [9.17, 15) is 18.0 Å². The minimum absolute atomic E-state index is 0.0193. The van der Waals surface area contributed by atoms with Gasteiger partial charge in [0.05, 0.1) is 11.0 Å². The molecule has 3 rings (SSSR count). The second-order valence-corrected chi connectivity index (χ2v) is 5.89. The van der Waals surface area contributed by atoms with Crippen LogP contribution in [0.2, 0.25) is 0 Å². The fraction of sp³-hybridized carbons (Fsp3) is 0.278. The van der Waals surface area contributed by atoms with Crippen LogP contribution in [-0.2, 0) is 18.0 Å². The second kappa shape index (κ2) is 4.97. The van der Waals surface area contributed by atoms with Crippen molar-refractivity contribution in [2.24, 2.45) is 0 Å². The van der Waals surface area contributed by atoms with Crippen molar-refractivity contribution in [3.63, 3.8) is 0 Å². The van der Waals surface area contributed by atoms with Crippen LogP contribution in [0.15, 0.2) is 48.5 Å². The summed E-state index contributed by atoms with van der Waals surface area (Å²) in [6.45, 7) is 1.81. The molecule has 114 valence electrons. The summed E-state index contributed by atoms with van der Waals surface area (Å²) in [6.07, 6.45) is -3.00. The standard InChI is InChI=1S/C18H15F3O/c1-17(13-6-8-14(9-7-13)18(19,20)21)11-10-12-4-2-3-5-15(12)16(17)22/h2-9H,10-11H2,1H3/t17-/m1/s1. The van der Waals surface area contributed by atoms with Crippen LogP contribution in [0.3, 0.4) is 0 Å². The van der Waals surface area contributed by atoms with E-state index in [1.54, 1.807) is 6.07 Å². The van der Waals surface area contributed by atoms with Gasteiger partial charge in [-0.2, -0.15) is 13.2 Å². The summed E-state index contributed by atoms with van der Waals surface area (Å²) in [5.74, 6) is -0.0193. The molecule has 1 aliphatic carbocycles. The lowest BCUT2D eigenvalue weighted by molar-refractivity contribution is -0.137. The summed E-state index contributed by atoms with van der Waals surface area (Å²) in [5.41, 5.74) is 0.870. The zero-order chi connectivity index (χ0) is 16.0. The average Bonchev–Trinajstić information content (AvgIpc) is 2.51. The van der Waals surface area contributed by atoms with E-state index in [0.29, 0.717) is 17.5 Å². The van der Waals surface area contributed by atoms with Crippen molar-refractivity contribution in [2.75, 3.05) is 0 Å². The molecular weight excluding hydrogens is 289 g/mol. The molecule has 0 heterocycles. The third-order valence-corrected chi connectivity index (χ3v) is 4.51. The first-order valence-corrected chi connectivity index (χ1v) is 7.13. The van der Waals surface area contributed by atoms with Gasteiger partial charge in [-0.3, -0.25) is 4.79 Å². The predicted octanol–water partition coefficient (Wildman–Crippen LogP) is 4.79. The van der Waals surface area contributed by atoms with Gasteiger partial charge in [-0.1, -0.05) is 36.4 Å². The number of hydrogen-bond donors (Lipinski definition) is 0. The summed E-state index contributed by atoms with van der Waals surface area (Å²) in [6, 6.07) is 12.4. The van der Waals surface area contributed by atoms with Gasteiger partial charge in [-0.05, 0) is 43.0 Å². The minimum atomic E-state index is -4.36. The monoisotopic (exact) mass is 304 g/mol. The molecule has 1 nitrogen and oxygen atoms in total. The lowest BCUT2D eigenvalue weighted by Crippen LogP contribution is -2.37. The molecule has 0 radical (unpaired) electrons. The SMILES string of the molecule is C[C@]1(c2ccc(C(F)(F)F)cc2)CCc2ccccc2C1=O. The van der Waals surface area contributed by atoms with Crippen LogP contribution >= 0.6 is 0 Å². The van der Waals surface area contributed by atoms with Gasteiger partial charge in [0, 0.05) is 5.56 Å². The molecule has 0 N–H and O–H groups in total. The van der Waals surface area contributed by atoms with Crippen molar-refractivity contribution < 1.29 is 18.0 Å². The van der Waals surface area contributed by atoms with Gasteiger partial charge in [-0.25, -0.2) is 0 Å². The van der Waals surface area contributed by atoms with Crippen molar-refractivity contribution in [1.29, 1.82) is 0 Å². The molecule has 0 aromatic heterocycles. The Labute approximate surface area is 126 Å². The number of fused-ring (bicyclic) bond motifs is 1. The fourth-order valence-corrected chi connectivity index (χ4v) is 3.06. The second-order valence-electron chi connectivity index (χ2n) is 5.89. The third-order valence-electron chi connectivity index (χ3n) is 4.51. The number of rotatable bonds is 1. The maximum atomic E-state index is 12.8. The van der Waals surface area contributed by atoms with Gasteiger partial charge in [-0.15, -0.1) is 0 Å². The van der Waals surface area contributed by atoms with Gasteiger partial charge in [0.2, 0.25) is 0 Å². The van der Waals surface area contributed by atoms with Crippen molar-refractivity contribution in [2.45, 2.75) is 31.4 Å². The van der Waals surface area contributed by atoms with E-state index in [1.807, 2.05) is 25.1 Å². The van der Waals surface area contributed by atoms with Gasteiger partial charge in [0.15, 0.2) is 5.78 Å². The fourth-order valence-electron chi connectivity index (χ4n) is 3.06. The van der Waals surface area contributed by atoms with Crippen LogP contribution < -0.4 is 0 Å². The molecule has 1 aliphatic rings. The van der Waals surface area contributed by atoms with Crippen molar-refractivity contribution in [3.05, 3.63) is 70.8 Å². The maximum Gasteiger partial charge on any atom is 0.416 e. The Hall–Kier alpha value is -2.10. The Morgan fingerprint density at radius 3 is 2.27 bits per heavy atom. The average molecular weight is 304 g/mol. The predicted molar refractivity (Wildman–Crippen MR) is 77.9 cm³/mol. The minimum Gasteiger partial charge on any atom is -0.293 e. The highest BCUT2D eigenvalue weighted by Gasteiger charge is 2.40. The Balaban J connectivity index is 2.00. The van der Waals surface area contributed by atoms with Crippen LogP contribution in [0.5, 0.6) is 0 Å². The number of aryl methyl sites for hydroxylation is 1. The first-order chi connectivity index (χ1) is 10.3. The first-order valence-electron chi connectivity index (χ1n) is 7.13. The molecular formula is C18H15F3O. The summed E-state index contributed by atoms with van der Waals surface area (Å²) in [5, 5.41) is 0. The number of benzene rings is 2. The number of alkyl halides is 3. The summed E-state index contributed by atoms with van der Waals surface area (Å²) >= 11 is 0. The molecule has 2 aromatic rings. The van der Waals surface area contributed by atoms with Crippen LogP contribution in [0, 0.1) is 0 Å². The van der Waals surface area contributed by atoms with Crippen molar-refractivity contribution in [3.8, 4) is 0 Å². The number of halogens is 3. The van der Waals surface area contributed by atoms with Gasteiger partial charge in [0.25, 0.3) is 0 Å². The lowest BCUT2D eigenvalue weighted by Gasteiger charge is -2.34. The number of ketones is 1. The van der Waals surface area contributed by atoms with E-state index in [0.717, 1.165) is 24.1 Å². The molecule has 4 heteroatoms. The molecule has 2 aromatic carbocycles. The Morgan fingerprint density at radius 2 is 1.64 bits per heavy atom. The molecule has 0 saturated heterocycles. The Kier molecular flexibility index (Phi) is 3.35. The lowest BCUT2D eigenvalue weighted by atomic mass is 9.68. The number of carbonyl (C=O) groups is 1. The van der Waals surface area contributed by atoms with Crippen LogP contribution in [0.25, 0.3) is 0 Å². The van der Waals surface area contributed by atoms with Gasteiger partial charge < -0.3 is 0 Å². The van der Waals surface area contributed by atoms with E-state index < -0.39 is 17.2 Å². The summed E-state index contributed by atoms with van der Waals surface area (Å²) in [7, 11) is 0. The maximum absolute atomic E-state index is 12.8. The van der Waals surface area contributed by atoms with Crippen LogP contribution in [0.4, 0.5) is 13.2 Å². The normalized spacial score (nSPS) is 21.5. The van der Waals surface area contributed by atoms with Gasteiger partial charge >= 0.3 is 6.18 Å². The molecule has 0 fully saturated rings. The third kappa shape index (κ3) is 2.32. The Bertz CT molecular complexity index is 716. The molecule has 0 spiro atoms. The first kappa shape index (κ1) is 14.8. The molecule has 22 heavy (non-hydrogen) atoms. The smallest absolute Gasteiger partial charge is 0.293 e. The quantitative estimate of drug-likeness (QED) is 0.740. The largest absolute Gasteiger partial charge is 0.416 e. The molecule has 0 unspecified atom stereocenters. The molecule has 1 atom stereocenters. The highest BCUT2D eigenvalue weighted by molar-refractivity contribution is 6.06. The molecule has 0 bridgehead atoms.